The molecule has 4 rings (SSSR count). The third kappa shape index (κ3) is 5.86. The molecule has 1 aromatic heterocycles. The van der Waals surface area contributed by atoms with E-state index >= 15 is 0 Å². The summed E-state index contributed by atoms with van der Waals surface area (Å²) < 4.78 is 23.6. The van der Waals surface area contributed by atoms with Crippen molar-refractivity contribution >= 4 is 33.2 Å². The molecule has 0 aliphatic carbocycles. The van der Waals surface area contributed by atoms with Crippen LogP contribution in [0.4, 0.5) is 11.8 Å². The minimum atomic E-state index is -3.36. The summed E-state index contributed by atoms with van der Waals surface area (Å²) in [7, 11) is -3.36. The van der Waals surface area contributed by atoms with Crippen molar-refractivity contribution in [2.75, 3.05) is 55.8 Å². The predicted molar refractivity (Wildman–Crippen MR) is 135 cm³/mol. The number of aliphatic hydroxyl groups excluding tert-OH is 1. The van der Waals surface area contributed by atoms with E-state index in [1.165, 1.54) is 24.8 Å². The zero-order chi connectivity index (χ0) is 25.2. The molecule has 1 unspecified atom stereocenters. The Morgan fingerprint density at radius 3 is 2.74 bits per heavy atom. The normalized spacial score (nSPS) is 20.2. The van der Waals surface area contributed by atoms with Crippen LogP contribution in [0.25, 0.3) is 0 Å². The van der Waals surface area contributed by atoms with E-state index in [9.17, 15) is 18.8 Å². The number of nitrogens with zero attached hydrogens (tertiary/aromatic N) is 5. The van der Waals surface area contributed by atoms with Crippen molar-refractivity contribution in [3.8, 4) is 6.07 Å². The molecule has 2 aliphatic heterocycles. The van der Waals surface area contributed by atoms with Crippen molar-refractivity contribution in [3.63, 3.8) is 0 Å². The largest absolute Gasteiger partial charge is 0.395 e. The summed E-state index contributed by atoms with van der Waals surface area (Å²) >= 11 is 6.38. The maximum Gasteiger partial charge on any atom is 0.227 e. The van der Waals surface area contributed by atoms with Crippen molar-refractivity contribution in [1.82, 2.24) is 14.9 Å². The fraction of sp³-hybridized carbons (Fsp3) is 0.542. The van der Waals surface area contributed by atoms with Gasteiger partial charge in [0, 0.05) is 37.5 Å². The van der Waals surface area contributed by atoms with Crippen LogP contribution >= 0.6 is 11.6 Å². The second-order valence-corrected chi connectivity index (χ2v) is 11.9. The first-order chi connectivity index (χ1) is 16.7. The Balaban J connectivity index is 1.44. The second kappa shape index (κ2) is 10.7. The summed E-state index contributed by atoms with van der Waals surface area (Å²) in [6.45, 7) is 6.64. The molecule has 35 heavy (non-hydrogen) atoms. The van der Waals surface area contributed by atoms with E-state index in [0.717, 1.165) is 45.4 Å². The van der Waals surface area contributed by atoms with Gasteiger partial charge in [0.15, 0.2) is 9.84 Å². The number of rotatable bonds is 8. The number of hydrogen-bond donors (Lipinski definition) is 2. The van der Waals surface area contributed by atoms with Gasteiger partial charge in [-0.2, -0.15) is 10.2 Å². The fourth-order valence-electron chi connectivity index (χ4n) is 4.88. The SMILES string of the molecule is CC(Nc1nc(N2CC([C@H]3CCCN(CCO)C3)C2)ncc1C#N)c1ccc(S(C)(=O)=O)cc1Cl. The van der Waals surface area contributed by atoms with Gasteiger partial charge in [-0.3, -0.25) is 0 Å². The van der Waals surface area contributed by atoms with E-state index in [4.69, 9.17) is 11.6 Å². The van der Waals surface area contributed by atoms with E-state index in [-0.39, 0.29) is 17.5 Å². The molecule has 2 aromatic rings. The highest BCUT2D eigenvalue weighted by molar-refractivity contribution is 7.90. The Labute approximate surface area is 211 Å². The minimum absolute atomic E-state index is 0.158. The summed E-state index contributed by atoms with van der Waals surface area (Å²) in [5.41, 5.74) is 1.03. The summed E-state index contributed by atoms with van der Waals surface area (Å²) in [5, 5.41) is 22.4. The van der Waals surface area contributed by atoms with Crippen molar-refractivity contribution in [3.05, 3.63) is 40.5 Å². The molecule has 0 bridgehead atoms. The topological polar surface area (TPSA) is 122 Å². The molecule has 11 heteroatoms. The molecule has 0 radical (unpaired) electrons. The first kappa shape index (κ1) is 25.6. The highest BCUT2D eigenvalue weighted by atomic mass is 35.5. The Hall–Kier alpha value is -2.45. The molecule has 2 atom stereocenters. The number of hydrogen-bond acceptors (Lipinski definition) is 9. The highest BCUT2D eigenvalue weighted by Gasteiger charge is 2.37. The van der Waals surface area contributed by atoms with E-state index in [2.05, 4.69) is 31.2 Å². The number of aliphatic hydroxyl groups is 1. The van der Waals surface area contributed by atoms with Crippen molar-refractivity contribution < 1.29 is 13.5 Å². The van der Waals surface area contributed by atoms with Gasteiger partial charge in [0.25, 0.3) is 0 Å². The third-order valence-corrected chi connectivity index (χ3v) is 8.37. The van der Waals surface area contributed by atoms with Crippen LogP contribution in [0.15, 0.2) is 29.3 Å². The van der Waals surface area contributed by atoms with Gasteiger partial charge in [0.05, 0.1) is 23.7 Å². The molecular weight excluding hydrogens is 488 g/mol. The molecule has 2 saturated heterocycles. The summed E-state index contributed by atoms with van der Waals surface area (Å²) in [6, 6.07) is 6.46. The van der Waals surface area contributed by atoms with Crippen LogP contribution in [0.2, 0.25) is 5.02 Å². The third-order valence-electron chi connectivity index (χ3n) is 6.93. The summed E-state index contributed by atoms with van der Waals surface area (Å²) in [4.78, 5) is 13.7. The van der Waals surface area contributed by atoms with Gasteiger partial charge in [-0.15, -0.1) is 0 Å². The Morgan fingerprint density at radius 2 is 2.09 bits per heavy atom. The average molecular weight is 519 g/mol. The molecular formula is C24H31ClN6O3S. The first-order valence-corrected chi connectivity index (χ1v) is 14.1. The van der Waals surface area contributed by atoms with Gasteiger partial charge in [-0.1, -0.05) is 17.7 Å². The number of piperidine rings is 1. The van der Waals surface area contributed by atoms with E-state index < -0.39 is 9.84 Å². The molecule has 2 fully saturated rings. The standard InChI is InChI=1S/C24H31ClN6O3S/c1-16(21-6-5-20(10-22(21)25)35(2,33)34)28-23-18(11-26)12-27-24(29-23)31-14-19(15-31)17-4-3-7-30(13-17)8-9-32/h5-6,10,12,16-17,19,32H,3-4,7-9,13-15H2,1-2H3,(H,27,28,29)/t16?,17-/m0/s1. The number of likely N-dealkylation sites (tertiary alicyclic amines) is 1. The minimum Gasteiger partial charge on any atom is -0.395 e. The molecule has 3 heterocycles. The smallest absolute Gasteiger partial charge is 0.227 e. The lowest BCUT2D eigenvalue weighted by Gasteiger charge is -2.46. The summed E-state index contributed by atoms with van der Waals surface area (Å²) in [6.07, 6.45) is 5.04. The van der Waals surface area contributed by atoms with Crippen molar-refractivity contribution in [2.45, 2.75) is 30.7 Å². The predicted octanol–water partition coefficient (Wildman–Crippen LogP) is 2.72. The van der Waals surface area contributed by atoms with Gasteiger partial charge in [0.1, 0.15) is 17.5 Å². The highest BCUT2D eigenvalue weighted by Crippen LogP contribution is 2.34. The Morgan fingerprint density at radius 1 is 1.31 bits per heavy atom. The maximum absolute atomic E-state index is 11.8. The average Bonchev–Trinajstić information content (AvgIpc) is 2.78. The van der Waals surface area contributed by atoms with Crippen molar-refractivity contribution in [2.24, 2.45) is 11.8 Å². The van der Waals surface area contributed by atoms with Crippen LogP contribution < -0.4 is 10.2 Å². The number of nitrogens with one attached hydrogen (secondary N) is 1. The van der Waals surface area contributed by atoms with Gasteiger partial charge in [-0.25, -0.2) is 13.4 Å². The number of β-amino-alcohol motifs (C(OH)–C–C–N with tert-alkyl or cyclic N) is 1. The van der Waals surface area contributed by atoms with Gasteiger partial charge in [0.2, 0.25) is 5.95 Å². The zero-order valence-corrected chi connectivity index (χ0v) is 21.6. The Kier molecular flexibility index (Phi) is 7.81. The maximum atomic E-state index is 11.8. The molecule has 2 aliphatic rings. The van der Waals surface area contributed by atoms with E-state index in [1.807, 2.05) is 6.92 Å². The molecule has 0 spiro atoms. The first-order valence-electron chi connectivity index (χ1n) is 11.8. The molecule has 1 aromatic carbocycles. The van der Waals surface area contributed by atoms with Crippen LogP contribution in [0.1, 0.15) is 36.9 Å². The van der Waals surface area contributed by atoms with Gasteiger partial charge >= 0.3 is 0 Å². The monoisotopic (exact) mass is 518 g/mol. The van der Waals surface area contributed by atoms with Gasteiger partial charge in [-0.05, 0) is 55.8 Å². The van der Waals surface area contributed by atoms with Crippen molar-refractivity contribution in [1.29, 1.82) is 5.26 Å². The molecule has 0 saturated carbocycles. The number of nitriles is 1. The lowest BCUT2D eigenvalue weighted by Crippen LogP contribution is -2.54. The molecule has 188 valence electrons. The van der Waals surface area contributed by atoms with Crippen LogP contribution in [0.3, 0.4) is 0 Å². The summed E-state index contributed by atoms with van der Waals surface area (Å²) in [5.74, 6) is 2.18. The quantitative estimate of drug-likeness (QED) is 0.543. The lowest BCUT2D eigenvalue weighted by atomic mass is 9.81. The van der Waals surface area contributed by atoms with Crippen LogP contribution in [-0.4, -0.2) is 74.0 Å². The van der Waals surface area contributed by atoms with E-state index in [0.29, 0.717) is 39.8 Å². The van der Waals surface area contributed by atoms with E-state index in [1.54, 1.807) is 6.07 Å². The number of halogens is 1. The van der Waals surface area contributed by atoms with Crippen LogP contribution in [0.5, 0.6) is 0 Å². The van der Waals surface area contributed by atoms with Gasteiger partial charge < -0.3 is 20.2 Å². The number of benzene rings is 1. The number of aromatic nitrogens is 2. The molecule has 0 amide bonds. The molecule has 2 N–H and O–H groups in total. The molecule has 9 nitrogen and oxygen atoms in total. The zero-order valence-electron chi connectivity index (χ0n) is 20.0. The second-order valence-electron chi connectivity index (χ2n) is 9.46. The van der Waals surface area contributed by atoms with Crippen LogP contribution in [0, 0.1) is 23.2 Å². The lowest BCUT2D eigenvalue weighted by molar-refractivity contribution is 0.101. The Bertz CT molecular complexity index is 1210. The fourth-order valence-corrected chi connectivity index (χ4v) is 5.94. The number of sulfone groups is 1. The van der Waals surface area contributed by atoms with Crippen LogP contribution in [-0.2, 0) is 9.84 Å². The number of anilines is 2.